The van der Waals surface area contributed by atoms with Gasteiger partial charge in [-0.25, -0.2) is 4.98 Å². The highest BCUT2D eigenvalue weighted by Gasteiger charge is 2.44. The molecule has 2 aromatic rings. The van der Waals surface area contributed by atoms with Gasteiger partial charge in [0.2, 0.25) is 5.91 Å². The molecule has 44 heavy (non-hydrogen) atoms. The van der Waals surface area contributed by atoms with Gasteiger partial charge in [0.15, 0.2) is 5.78 Å². The van der Waals surface area contributed by atoms with Crippen LogP contribution < -0.4 is 0 Å². The van der Waals surface area contributed by atoms with Crippen LogP contribution in [0.25, 0.3) is 10.4 Å². The number of aliphatic hydroxyl groups excluding tert-OH is 1. The molecule has 2 N–H and O–H groups in total. The van der Waals surface area contributed by atoms with Crippen molar-refractivity contribution in [2.45, 2.75) is 123 Å². The molecule has 1 aromatic heterocycles. The lowest BCUT2D eigenvalue weighted by Gasteiger charge is -2.34. The Morgan fingerprint density at radius 1 is 0.955 bits per heavy atom. The Morgan fingerprint density at radius 2 is 1.57 bits per heavy atom. The third kappa shape index (κ3) is 10.9. The van der Waals surface area contributed by atoms with E-state index in [1.54, 1.807) is 11.3 Å². The number of likely N-dealkylation sites (tertiary alicyclic amines) is 1. The number of thiazole rings is 1. The quantitative estimate of drug-likeness (QED) is 0.174. The molecule has 0 bridgehead atoms. The van der Waals surface area contributed by atoms with Gasteiger partial charge in [-0.15, -0.1) is 11.3 Å². The molecular weight excluding hydrogens is 576 g/mol. The van der Waals surface area contributed by atoms with E-state index in [9.17, 15) is 24.3 Å². The zero-order valence-electron chi connectivity index (χ0n) is 26.8. The topological polar surface area (TPSA) is 125 Å². The van der Waals surface area contributed by atoms with Crippen molar-refractivity contribution in [3.05, 3.63) is 41.0 Å². The lowest BCUT2D eigenvalue weighted by Crippen LogP contribution is -2.47. The number of hydrogen-bond acceptors (Lipinski definition) is 7. The van der Waals surface area contributed by atoms with E-state index in [-0.39, 0.29) is 49.7 Å². The zero-order valence-corrected chi connectivity index (χ0v) is 27.7. The molecule has 9 heteroatoms. The second-order valence-electron chi connectivity index (χ2n) is 13.4. The Balaban J connectivity index is 1.50. The van der Waals surface area contributed by atoms with E-state index in [4.69, 9.17) is 5.11 Å². The number of nitrogens with zero attached hydrogens (tertiary/aromatic N) is 2. The summed E-state index contributed by atoms with van der Waals surface area (Å²) in [6.45, 7) is 7.96. The standard InChI is InChI=1S/C35H50N2O6S/c1-24-33(44-23-36-24)26-17-14-25(15-18-26)16-19-31(40)30-21-28(39)22-37(30)34(43)29(35(2,3)4)20-27(38)12-10-8-6-5-7-9-11-13-32(41)42/h14-15,17-18,23,28-30,39H,5-13,16,19-22H2,1-4H3,(H,41,42)/t28-,29+,30+/m0/s1. The minimum Gasteiger partial charge on any atom is -0.481 e. The van der Waals surface area contributed by atoms with Crippen molar-refractivity contribution < 1.29 is 29.4 Å². The average molecular weight is 627 g/mol. The molecule has 0 saturated carbocycles. The number of carboxylic acid groups (broad SMARTS) is 1. The van der Waals surface area contributed by atoms with E-state index in [2.05, 4.69) is 4.98 Å². The zero-order chi connectivity index (χ0) is 32.3. The largest absolute Gasteiger partial charge is 0.481 e. The van der Waals surface area contributed by atoms with Gasteiger partial charge in [0, 0.05) is 44.6 Å². The third-order valence-corrected chi connectivity index (χ3v) is 9.65. The molecule has 1 amide bonds. The summed E-state index contributed by atoms with van der Waals surface area (Å²) >= 11 is 1.60. The van der Waals surface area contributed by atoms with Crippen LogP contribution in [0.15, 0.2) is 29.8 Å². The molecule has 1 saturated heterocycles. The molecule has 1 aliphatic rings. The number of aromatic nitrogens is 1. The number of amides is 1. The number of carbonyl (C=O) groups excluding carboxylic acids is 3. The van der Waals surface area contributed by atoms with Gasteiger partial charge in [-0.3, -0.25) is 19.2 Å². The second kappa shape index (κ2) is 17.0. The molecule has 0 spiro atoms. The Labute approximate surface area is 266 Å². The molecular formula is C35H50N2O6S. The smallest absolute Gasteiger partial charge is 0.303 e. The number of aliphatic hydroxyl groups is 1. The number of carboxylic acids is 1. The summed E-state index contributed by atoms with van der Waals surface area (Å²) in [5.74, 6) is -1.53. The predicted octanol–water partition coefficient (Wildman–Crippen LogP) is 6.80. The first kappa shape index (κ1) is 35.6. The van der Waals surface area contributed by atoms with Crippen LogP contribution in [0.5, 0.6) is 0 Å². The first-order chi connectivity index (χ1) is 20.9. The fourth-order valence-corrected chi connectivity index (χ4v) is 6.79. The van der Waals surface area contributed by atoms with Gasteiger partial charge in [0.05, 0.1) is 28.2 Å². The van der Waals surface area contributed by atoms with Crippen LogP contribution in [0.1, 0.15) is 109 Å². The third-order valence-electron chi connectivity index (χ3n) is 8.68. The number of carbonyl (C=O) groups is 4. The predicted molar refractivity (Wildman–Crippen MR) is 173 cm³/mol. The summed E-state index contributed by atoms with van der Waals surface area (Å²) < 4.78 is 0. The summed E-state index contributed by atoms with van der Waals surface area (Å²) in [6.07, 6.45) is 7.45. The maximum Gasteiger partial charge on any atom is 0.303 e. The van der Waals surface area contributed by atoms with Crippen molar-refractivity contribution in [3.63, 3.8) is 0 Å². The molecule has 1 fully saturated rings. The lowest BCUT2D eigenvalue weighted by atomic mass is 9.76. The fourth-order valence-electron chi connectivity index (χ4n) is 5.97. The van der Waals surface area contributed by atoms with E-state index in [1.165, 1.54) is 4.90 Å². The normalized spacial score (nSPS) is 17.5. The van der Waals surface area contributed by atoms with Crippen molar-refractivity contribution in [1.29, 1.82) is 0 Å². The minimum absolute atomic E-state index is 0.0549. The molecule has 0 unspecified atom stereocenters. The number of ketones is 2. The van der Waals surface area contributed by atoms with Crippen LogP contribution in [0.4, 0.5) is 0 Å². The summed E-state index contributed by atoms with van der Waals surface area (Å²) in [5, 5.41) is 19.2. The highest BCUT2D eigenvalue weighted by atomic mass is 32.1. The van der Waals surface area contributed by atoms with Gasteiger partial charge in [0.25, 0.3) is 0 Å². The van der Waals surface area contributed by atoms with Crippen LogP contribution in [-0.4, -0.2) is 62.2 Å². The number of rotatable bonds is 18. The lowest BCUT2D eigenvalue weighted by molar-refractivity contribution is -0.145. The Kier molecular flexibility index (Phi) is 13.7. The number of hydrogen-bond donors (Lipinski definition) is 2. The van der Waals surface area contributed by atoms with E-state index in [1.807, 2.05) is 57.5 Å². The maximum atomic E-state index is 13.9. The average Bonchev–Trinajstić information content (AvgIpc) is 3.58. The second-order valence-corrected chi connectivity index (χ2v) is 14.2. The first-order valence-corrected chi connectivity index (χ1v) is 17.0. The van der Waals surface area contributed by atoms with E-state index < -0.39 is 29.4 Å². The summed E-state index contributed by atoms with van der Waals surface area (Å²) in [6, 6.07) is 7.47. The van der Waals surface area contributed by atoms with Crippen LogP contribution in [-0.2, 0) is 25.6 Å². The van der Waals surface area contributed by atoms with Crippen molar-refractivity contribution in [3.8, 4) is 10.4 Å². The van der Waals surface area contributed by atoms with E-state index >= 15 is 0 Å². The number of unbranched alkanes of at least 4 members (excludes halogenated alkanes) is 6. The van der Waals surface area contributed by atoms with Crippen LogP contribution in [0.2, 0.25) is 0 Å². The highest BCUT2D eigenvalue weighted by molar-refractivity contribution is 7.13. The molecule has 1 aliphatic heterocycles. The molecule has 2 heterocycles. The van der Waals surface area contributed by atoms with Crippen molar-refractivity contribution in [2.75, 3.05) is 6.54 Å². The van der Waals surface area contributed by atoms with E-state index in [0.717, 1.165) is 60.2 Å². The molecule has 3 rings (SSSR count). The van der Waals surface area contributed by atoms with Crippen LogP contribution in [0, 0.1) is 18.3 Å². The van der Waals surface area contributed by atoms with E-state index in [0.29, 0.717) is 19.3 Å². The molecule has 242 valence electrons. The van der Waals surface area contributed by atoms with Gasteiger partial charge < -0.3 is 15.1 Å². The van der Waals surface area contributed by atoms with Crippen molar-refractivity contribution >= 4 is 34.8 Å². The van der Waals surface area contributed by atoms with Gasteiger partial charge in [0.1, 0.15) is 5.78 Å². The Bertz CT molecular complexity index is 1250. The molecule has 3 atom stereocenters. The minimum atomic E-state index is -0.754. The molecule has 1 aromatic carbocycles. The number of Topliss-reactive ketones (excluding diaryl/α,β-unsaturated/α-hetero) is 2. The summed E-state index contributed by atoms with van der Waals surface area (Å²) in [5.41, 5.74) is 4.50. The van der Waals surface area contributed by atoms with Gasteiger partial charge in [-0.1, -0.05) is 77.1 Å². The Morgan fingerprint density at radius 3 is 2.14 bits per heavy atom. The monoisotopic (exact) mass is 626 g/mol. The van der Waals surface area contributed by atoms with Gasteiger partial charge in [-0.05, 0) is 42.7 Å². The number of β-amino-alcohol motifs (C(OH)–C–C–N with tert-alkyl or cyclic N) is 1. The SMILES string of the molecule is Cc1ncsc1-c1ccc(CCC(=O)[C@H]2C[C@H](O)CN2C(=O)[C@@H](CC(=O)CCCCCCCCCC(=O)O)C(C)(C)C)cc1. The summed E-state index contributed by atoms with van der Waals surface area (Å²) in [7, 11) is 0. The maximum absolute atomic E-state index is 13.9. The van der Waals surface area contributed by atoms with Crippen LogP contribution in [0.3, 0.4) is 0 Å². The molecule has 0 radical (unpaired) electrons. The van der Waals surface area contributed by atoms with Crippen molar-refractivity contribution in [1.82, 2.24) is 9.88 Å². The molecule has 8 nitrogen and oxygen atoms in total. The van der Waals surface area contributed by atoms with Crippen LogP contribution >= 0.6 is 11.3 Å². The number of aryl methyl sites for hydroxylation is 2. The van der Waals surface area contributed by atoms with Gasteiger partial charge in [-0.2, -0.15) is 0 Å². The fraction of sp³-hybridized carbons (Fsp3) is 0.629. The van der Waals surface area contributed by atoms with Crippen molar-refractivity contribution in [2.24, 2.45) is 11.3 Å². The van der Waals surface area contributed by atoms with Gasteiger partial charge >= 0.3 is 5.97 Å². The summed E-state index contributed by atoms with van der Waals surface area (Å²) in [4.78, 5) is 57.8. The number of benzene rings is 1. The number of aliphatic carboxylic acids is 1. The Hall–Kier alpha value is -2.91. The highest BCUT2D eigenvalue weighted by Crippen LogP contribution is 2.34. The first-order valence-electron chi connectivity index (χ1n) is 16.1. The molecule has 0 aliphatic carbocycles.